The number of nitrogens with one attached hydrogen (secondary N) is 1. The van der Waals surface area contributed by atoms with E-state index in [0.29, 0.717) is 11.5 Å². The number of methoxy groups -OCH3 is 1. The number of rotatable bonds is 7. The second kappa shape index (κ2) is 9.73. The Morgan fingerprint density at radius 1 is 1.11 bits per heavy atom. The standard InChI is InChI=1S/C22H16ClFN6O5/c1-12-26-27-28-29(12)17-11-15(5-6-16(17)24)25-22(31)13-3-7-20(21(9-13)34-2)35-19-8-4-14(23)10-18(19)30(32)33/h3-11H,1-2H3,(H,25,31). The van der Waals surface area contributed by atoms with Crippen molar-refractivity contribution in [3.63, 3.8) is 0 Å². The van der Waals surface area contributed by atoms with E-state index in [1.165, 1.54) is 66.4 Å². The lowest BCUT2D eigenvalue weighted by atomic mass is 10.1. The Labute approximate surface area is 202 Å². The Morgan fingerprint density at radius 3 is 2.57 bits per heavy atom. The molecule has 1 heterocycles. The number of anilines is 1. The molecule has 3 aromatic carbocycles. The number of benzene rings is 3. The van der Waals surface area contributed by atoms with E-state index >= 15 is 0 Å². The van der Waals surface area contributed by atoms with Crippen LogP contribution in [-0.2, 0) is 0 Å². The zero-order valence-corrected chi connectivity index (χ0v) is 19.0. The number of nitro benzene ring substituents is 1. The lowest BCUT2D eigenvalue weighted by molar-refractivity contribution is -0.385. The second-order valence-corrected chi connectivity index (χ2v) is 7.53. The predicted octanol–water partition coefficient (Wildman–Crippen LogP) is 4.72. The zero-order chi connectivity index (χ0) is 25.1. The van der Waals surface area contributed by atoms with Gasteiger partial charge in [0.2, 0.25) is 5.75 Å². The van der Waals surface area contributed by atoms with Crippen LogP contribution < -0.4 is 14.8 Å². The minimum atomic E-state index is -0.622. The summed E-state index contributed by atoms with van der Waals surface area (Å²) in [7, 11) is 1.36. The number of hydrogen-bond acceptors (Lipinski definition) is 8. The Kier molecular flexibility index (Phi) is 6.55. The molecular formula is C22H16ClFN6O5. The maximum Gasteiger partial charge on any atom is 0.313 e. The first-order valence-electron chi connectivity index (χ1n) is 9.93. The molecule has 11 nitrogen and oxygen atoms in total. The molecule has 1 amide bonds. The van der Waals surface area contributed by atoms with Crippen molar-refractivity contribution in [1.29, 1.82) is 0 Å². The number of ether oxygens (including phenoxy) is 2. The first kappa shape index (κ1) is 23.6. The molecule has 0 saturated carbocycles. The van der Waals surface area contributed by atoms with Crippen LogP contribution in [0.3, 0.4) is 0 Å². The van der Waals surface area contributed by atoms with Crippen LogP contribution >= 0.6 is 11.6 Å². The molecule has 35 heavy (non-hydrogen) atoms. The van der Waals surface area contributed by atoms with E-state index in [1.54, 1.807) is 6.92 Å². The molecule has 1 aromatic heterocycles. The summed E-state index contributed by atoms with van der Waals surface area (Å²) < 4.78 is 26.5. The average Bonchev–Trinajstić information content (AvgIpc) is 3.27. The summed E-state index contributed by atoms with van der Waals surface area (Å²) in [4.78, 5) is 23.5. The van der Waals surface area contributed by atoms with Crippen molar-refractivity contribution in [2.24, 2.45) is 0 Å². The van der Waals surface area contributed by atoms with Crippen molar-refractivity contribution in [1.82, 2.24) is 20.2 Å². The third-order valence-electron chi connectivity index (χ3n) is 4.82. The summed E-state index contributed by atoms with van der Waals surface area (Å²) in [6, 6.07) is 12.2. The maximum atomic E-state index is 14.3. The summed E-state index contributed by atoms with van der Waals surface area (Å²) in [5.74, 6) is -0.463. The summed E-state index contributed by atoms with van der Waals surface area (Å²) >= 11 is 5.84. The minimum Gasteiger partial charge on any atom is -0.493 e. The van der Waals surface area contributed by atoms with Gasteiger partial charge in [-0.25, -0.2) is 4.39 Å². The number of carbonyl (C=O) groups excluding carboxylic acids is 1. The number of hydrogen-bond donors (Lipinski definition) is 1. The maximum absolute atomic E-state index is 14.3. The van der Waals surface area contributed by atoms with Gasteiger partial charge in [-0.15, -0.1) is 5.10 Å². The van der Waals surface area contributed by atoms with Gasteiger partial charge in [0, 0.05) is 22.3 Å². The Hall–Kier alpha value is -4.58. The SMILES string of the molecule is COc1cc(C(=O)Nc2ccc(F)c(-n3nnnc3C)c2)ccc1Oc1ccc(Cl)cc1[N+](=O)[O-]. The predicted molar refractivity (Wildman–Crippen MR) is 123 cm³/mol. The number of halogens is 2. The van der Waals surface area contributed by atoms with Gasteiger partial charge in [0.15, 0.2) is 17.3 Å². The monoisotopic (exact) mass is 498 g/mol. The lowest BCUT2D eigenvalue weighted by Crippen LogP contribution is -2.13. The molecule has 4 aromatic rings. The summed E-state index contributed by atoms with van der Waals surface area (Å²) in [5, 5.41) is 25.1. The number of aryl methyl sites for hydroxylation is 1. The van der Waals surface area contributed by atoms with Crippen LogP contribution in [0.1, 0.15) is 16.2 Å². The van der Waals surface area contributed by atoms with Gasteiger partial charge >= 0.3 is 5.69 Å². The average molecular weight is 499 g/mol. The normalized spacial score (nSPS) is 10.6. The molecule has 0 atom stereocenters. The minimum absolute atomic E-state index is 0.0494. The first-order chi connectivity index (χ1) is 16.8. The molecule has 0 bridgehead atoms. The quantitative estimate of drug-likeness (QED) is 0.285. The largest absolute Gasteiger partial charge is 0.493 e. The molecule has 0 aliphatic carbocycles. The van der Waals surface area contributed by atoms with Crippen molar-refractivity contribution in [2.45, 2.75) is 6.92 Å². The van der Waals surface area contributed by atoms with Crippen LogP contribution in [0.15, 0.2) is 54.6 Å². The van der Waals surface area contributed by atoms with Crippen molar-refractivity contribution < 1.29 is 23.6 Å². The zero-order valence-electron chi connectivity index (χ0n) is 18.2. The van der Waals surface area contributed by atoms with Gasteiger partial charge in [-0.1, -0.05) is 11.6 Å². The van der Waals surface area contributed by atoms with Gasteiger partial charge in [-0.3, -0.25) is 14.9 Å². The molecule has 0 unspecified atom stereocenters. The fraction of sp³-hybridized carbons (Fsp3) is 0.0909. The van der Waals surface area contributed by atoms with E-state index in [9.17, 15) is 19.3 Å². The molecule has 178 valence electrons. The number of tetrazole rings is 1. The van der Waals surface area contributed by atoms with E-state index in [0.717, 1.165) is 0 Å². The van der Waals surface area contributed by atoms with Gasteiger partial charge in [-0.05, 0) is 65.9 Å². The van der Waals surface area contributed by atoms with Gasteiger partial charge in [-0.2, -0.15) is 4.68 Å². The molecular weight excluding hydrogens is 483 g/mol. The number of carbonyl (C=O) groups is 1. The molecule has 0 aliphatic rings. The van der Waals surface area contributed by atoms with E-state index in [1.807, 2.05) is 0 Å². The smallest absolute Gasteiger partial charge is 0.313 e. The highest BCUT2D eigenvalue weighted by Gasteiger charge is 2.19. The number of aromatic nitrogens is 4. The van der Waals surface area contributed by atoms with Crippen LogP contribution in [0.5, 0.6) is 17.2 Å². The van der Waals surface area contributed by atoms with Gasteiger partial charge in [0.1, 0.15) is 11.5 Å². The van der Waals surface area contributed by atoms with E-state index in [2.05, 4.69) is 20.8 Å². The Morgan fingerprint density at radius 2 is 1.89 bits per heavy atom. The van der Waals surface area contributed by atoms with Crippen molar-refractivity contribution in [3.8, 4) is 22.9 Å². The molecule has 0 radical (unpaired) electrons. The summed E-state index contributed by atoms with van der Waals surface area (Å²) in [6.07, 6.45) is 0. The van der Waals surface area contributed by atoms with Gasteiger partial charge in [0.05, 0.1) is 12.0 Å². The summed E-state index contributed by atoms with van der Waals surface area (Å²) in [5.41, 5.74) is 0.240. The molecule has 4 rings (SSSR count). The highest BCUT2D eigenvalue weighted by Crippen LogP contribution is 2.38. The van der Waals surface area contributed by atoms with Crippen LogP contribution in [0, 0.1) is 22.9 Å². The van der Waals surface area contributed by atoms with Crippen molar-refractivity contribution in [3.05, 3.63) is 86.9 Å². The topological polar surface area (TPSA) is 134 Å². The number of nitro groups is 1. The molecule has 13 heteroatoms. The Balaban J connectivity index is 1.58. The first-order valence-corrected chi connectivity index (χ1v) is 10.3. The summed E-state index contributed by atoms with van der Waals surface area (Å²) in [6.45, 7) is 1.61. The van der Waals surface area contributed by atoms with Gasteiger partial charge < -0.3 is 14.8 Å². The fourth-order valence-corrected chi connectivity index (χ4v) is 3.31. The number of nitrogens with zero attached hydrogens (tertiary/aromatic N) is 5. The molecule has 1 N–H and O–H groups in total. The molecule has 0 aliphatic heterocycles. The third-order valence-corrected chi connectivity index (χ3v) is 5.06. The third kappa shape index (κ3) is 5.01. The molecule has 0 saturated heterocycles. The van der Waals surface area contributed by atoms with E-state index in [-0.39, 0.29) is 39.2 Å². The van der Waals surface area contributed by atoms with Crippen LogP contribution in [0.2, 0.25) is 5.02 Å². The fourth-order valence-electron chi connectivity index (χ4n) is 3.14. The molecule has 0 spiro atoms. The second-order valence-electron chi connectivity index (χ2n) is 7.10. The Bertz CT molecular complexity index is 1440. The van der Waals surface area contributed by atoms with Crippen molar-refractivity contribution in [2.75, 3.05) is 12.4 Å². The highest BCUT2D eigenvalue weighted by molar-refractivity contribution is 6.30. The van der Waals surface area contributed by atoms with Gasteiger partial charge in [0.25, 0.3) is 5.91 Å². The molecule has 0 fully saturated rings. The highest BCUT2D eigenvalue weighted by atomic mass is 35.5. The van der Waals surface area contributed by atoms with E-state index in [4.69, 9.17) is 21.1 Å². The van der Waals surface area contributed by atoms with Crippen LogP contribution in [0.4, 0.5) is 15.8 Å². The van der Waals surface area contributed by atoms with Crippen LogP contribution in [0.25, 0.3) is 5.69 Å². The lowest BCUT2D eigenvalue weighted by Gasteiger charge is -2.13. The number of amides is 1. The van der Waals surface area contributed by atoms with Crippen LogP contribution in [-0.4, -0.2) is 38.1 Å². The van der Waals surface area contributed by atoms with Crippen molar-refractivity contribution >= 4 is 28.9 Å². The van der Waals surface area contributed by atoms with E-state index < -0.39 is 16.6 Å².